The molecule has 0 aliphatic carbocycles. The topological polar surface area (TPSA) is 113 Å². The zero-order chi connectivity index (χ0) is 16.5. The number of carboxylic acid groups (broad SMARTS) is 1. The normalized spacial score (nSPS) is 24.7. The molecule has 0 spiro atoms. The smallest absolute Gasteiger partial charge is 0.422 e. The zero-order valence-corrected chi connectivity index (χ0v) is 11.8. The molecule has 2 unspecified atom stereocenters. The summed E-state index contributed by atoms with van der Waals surface area (Å²) in [5, 5.41) is 12.1. The molecule has 1 rings (SSSR count). The molecule has 1 aliphatic heterocycles. The Bertz CT molecular complexity index is 533. The number of rotatable bonds is 3. The molecule has 0 aromatic rings. The number of amides is 2. The van der Waals surface area contributed by atoms with E-state index in [1.807, 2.05) is 0 Å². The molecule has 2 atom stereocenters. The van der Waals surface area contributed by atoms with Crippen LogP contribution in [-0.2, 0) is 14.6 Å². The molecule has 2 amide bonds. The number of carboxylic acids is 1. The van der Waals surface area contributed by atoms with E-state index >= 15 is 0 Å². The summed E-state index contributed by atoms with van der Waals surface area (Å²) in [6, 6.07) is -2.21. The van der Waals surface area contributed by atoms with Crippen molar-refractivity contribution in [2.75, 3.05) is 11.5 Å². The maximum absolute atomic E-state index is 12.7. The Kier molecular flexibility index (Phi) is 4.76. The van der Waals surface area contributed by atoms with E-state index in [1.54, 1.807) is 0 Å². The van der Waals surface area contributed by atoms with E-state index in [9.17, 15) is 31.2 Å². The molecule has 122 valence electrons. The first-order chi connectivity index (χ1) is 9.37. The number of carbonyl (C=O) groups is 2. The van der Waals surface area contributed by atoms with Crippen LogP contribution in [0.15, 0.2) is 0 Å². The summed E-state index contributed by atoms with van der Waals surface area (Å²) in [6.07, 6.45) is -4.62. The van der Waals surface area contributed by atoms with Gasteiger partial charge in [0.05, 0.1) is 11.5 Å². The minimum Gasteiger partial charge on any atom is -0.479 e. The van der Waals surface area contributed by atoms with Crippen LogP contribution in [0.2, 0.25) is 0 Å². The monoisotopic (exact) mass is 332 g/mol. The van der Waals surface area contributed by atoms with E-state index in [0.717, 1.165) is 0 Å². The molecular weight excluding hydrogens is 317 g/mol. The van der Waals surface area contributed by atoms with Crippen molar-refractivity contribution in [1.29, 1.82) is 0 Å². The minimum absolute atomic E-state index is 0.0395. The van der Waals surface area contributed by atoms with Crippen molar-refractivity contribution in [3.8, 4) is 0 Å². The number of alkyl halides is 3. The van der Waals surface area contributed by atoms with Crippen molar-refractivity contribution in [2.45, 2.75) is 37.5 Å². The lowest BCUT2D eigenvalue weighted by Gasteiger charge is -2.30. The lowest BCUT2D eigenvalue weighted by atomic mass is 10.0. The van der Waals surface area contributed by atoms with Crippen molar-refractivity contribution in [2.24, 2.45) is 0 Å². The summed E-state index contributed by atoms with van der Waals surface area (Å²) < 4.78 is 60.8. The van der Waals surface area contributed by atoms with Gasteiger partial charge in [0.2, 0.25) is 5.54 Å². The van der Waals surface area contributed by atoms with Crippen LogP contribution in [0.5, 0.6) is 0 Å². The van der Waals surface area contributed by atoms with Gasteiger partial charge in [-0.05, 0) is 19.8 Å². The zero-order valence-electron chi connectivity index (χ0n) is 11.0. The Hall–Kier alpha value is -1.52. The summed E-state index contributed by atoms with van der Waals surface area (Å²) in [7, 11) is -3.35. The van der Waals surface area contributed by atoms with E-state index in [-0.39, 0.29) is 17.9 Å². The highest BCUT2D eigenvalue weighted by Crippen LogP contribution is 2.30. The lowest BCUT2D eigenvalue weighted by molar-refractivity contribution is -0.203. The van der Waals surface area contributed by atoms with E-state index in [0.29, 0.717) is 13.3 Å². The summed E-state index contributed by atoms with van der Waals surface area (Å²) >= 11 is 0. The third-order valence-electron chi connectivity index (χ3n) is 3.16. The van der Waals surface area contributed by atoms with Gasteiger partial charge >= 0.3 is 18.2 Å². The minimum atomic E-state index is -5.20. The number of aliphatic carboxylic acids is 1. The molecule has 21 heavy (non-hydrogen) atoms. The van der Waals surface area contributed by atoms with Crippen LogP contribution in [0.1, 0.15) is 19.8 Å². The van der Waals surface area contributed by atoms with Crippen LogP contribution in [0.3, 0.4) is 0 Å². The Balaban J connectivity index is 2.74. The predicted octanol–water partition coefficient (Wildman–Crippen LogP) is 0.268. The summed E-state index contributed by atoms with van der Waals surface area (Å²) in [5.41, 5.74) is -3.45. The average molecular weight is 332 g/mol. The van der Waals surface area contributed by atoms with Gasteiger partial charge in [-0.15, -0.1) is 0 Å². The molecule has 0 aromatic heterocycles. The Morgan fingerprint density at radius 2 is 1.86 bits per heavy atom. The first kappa shape index (κ1) is 17.5. The largest absolute Gasteiger partial charge is 0.479 e. The first-order valence-corrected chi connectivity index (χ1v) is 7.79. The number of nitrogens with one attached hydrogen (secondary N) is 2. The van der Waals surface area contributed by atoms with Crippen LogP contribution < -0.4 is 10.6 Å². The second-order valence-corrected chi connectivity index (χ2v) is 7.21. The van der Waals surface area contributed by atoms with E-state index < -0.39 is 39.6 Å². The fourth-order valence-electron chi connectivity index (χ4n) is 1.83. The summed E-state index contributed by atoms with van der Waals surface area (Å²) in [4.78, 5) is 22.2. The maximum Gasteiger partial charge on any atom is 0.422 e. The molecule has 7 nitrogen and oxygen atoms in total. The van der Waals surface area contributed by atoms with Gasteiger partial charge < -0.3 is 15.7 Å². The summed E-state index contributed by atoms with van der Waals surface area (Å²) in [5.74, 6) is -2.68. The number of sulfone groups is 1. The van der Waals surface area contributed by atoms with Gasteiger partial charge in [-0.3, -0.25) is 0 Å². The highest BCUT2D eigenvalue weighted by atomic mass is 32.2. The van der Waals surface area contributed by atoms with Crippen LogP contribution in [0.25, 0.3) is 0 Å². The van der Waals surface area contributed by atoms with Crippen molar-refractivity contribution in [3.05, 3.63) is 0 Å². The molecule has 11 heteroatoms. The molecule has 1 fully saturated rings. The van der Waals surface area contributed by atoms with Gasteiger partial charge in [0.1, 0.15) is 0 Å². The number of urea groups is 1. The highest BCUT2D eigenvalue weighted by Gasteiger charge is 2.58. The van der Waals surface area contributed by atoms with Gasteiger partial charge in [-0.1, -0.05) is 0 Å². The van der Waals surface area contributed by atoms with Crippen LogP contribution in [-0.4, -0.2) is 54.8 Å². The number of halogens is 3. The molecule has 0 aromatic carbocycles. The molecule has 0 saturated carbocycles. The third-order valence-corrected chi connectivity index (χ3v) is 4.98. The molecule has 0 bridgehead atoms. The average Bonchev–Trinajstić information content (AvgIpc) is 2.25. The molecular formula is C10H15F3N2O5S. The number of hydrogen-bond acceptors (Lipinski definition) is 4. The Morgan fingerprint density at radius 1 is 1.29 bits per heavy atom. The van der Waals surface area contributed by atoms with Crippen molar-refractivity contribution >= 4 is 21.8 Å². The van der Waals surface area contributed by atoms with Crippen LogP contribution >= 0.6 is 0 Å². The molecule has 1 aliphatic rings. The van der Waals surface area contributed by atoms with E-state index in [2.05, 4.69) is 5.32 Å². The van der Waals surface area contributed by atoms with E-state index in [1.165, 1.54) is 5.32 Å². The standard InChI is InChI=1S/C10H15F3N2O5S/c1-9(7(16)17,10(11,12)13)15-8(18)14-6-3-2-4-21(19,20)5-6/h6H,2-5H2,1H3,(H,16,17)(H2,14,15,18). The van der Waals surface area contributed by atoms with Crippen molar-refractivity contribution in [3.63, 3.8) is 0 Å². The SMILES string of the molecule is CC(NC(=O)NC1CCCS(=O)(=O)C1)(C(=O)O)C(F)(F)F. The molecule has 1 heterocycles. The van der Waals surface area contributed by atoms with Crippen molar-refractivity contribution < 1.29 is 36.3 Å². The second kappa shape index (κ2) is 5.70. The fraction of sp³-hybridized carbons (Fsp3) is 0.800. The fourth-order valence-corrected chi connectivity index (χ4v) is 3.47. The summed E-state index contributed by atoms with van der Waals surface area (Å²) in [6.45, 7) is 0.312. The number of hydrogen-bond donors (Lipinski definition) is 3. The molecule has 0 radical (unpaired) electrons. The van der Waals surface area contributed by atoms with Gasteiger partial charge in [0.15, 0.2) is 9.84 Å². The van der Waals surface area contributed by atoms with Gasteiger partial charge in [-0.25, -0.2) is 18.0 Å². The van der Waals surface area contributed by atoms with Crippen LogP contribution in [0, 0.1) is 0 Å². The second-order valence-electron chi connectivity index (χ2n) is 4.98. The molecule has 3 N–H and O–H groups in total. The van der Waals surface area contributed by atoms with E-state index in [4.69, 9.17) is 5.11 Å². The van der Waals surface area contributed by atoms with Crippen molar-refractivity contribution in [1.82, 2.24) is 10.6 Å². The maximum atomic E-state index is 12.7. The quantitative estimate of drug-likeness (QED) is 0.687. The number of carbonyl (C=O) groups excluding carboxylic acids is 1. The molecule has 1 saturated heterocycles. The predicted molar refractivity (Wildman–Crippen MR) is 65.4 cm³/mol. The highest BCUT2D eigenvalue weighted by molar-refractivity contribution is 7.91. The van der Waals surface area contributed by atoms with Crippen LogP contribution in [0.4, 0.5) is 18.0 Å². The Labute approximate surface area is 118 Å². The first-order valence-electron chi connectivity index (χ1n) is 5.96. The Morgan fingerprint density at radius 3 is 2.29 bits per heavy atom. The third kappa shape index (κ3) is 4.22. The van der Waals surface area contributed by atoms with Gasteiger partial charge in [-0.2, -0.15) is 13.2 Å². The van der Waals surface area contributed by atoms with Gasteiger partial charge in [0.25, 0.3) is 0 Å². The lowest BCUT2D eigenvalue weighted by Crippen LogP contribution is -2.64. The van der Waals surface area contributed by atoms with Gasteiger partial charge in [0, 0.05) is 6.04 Å².